The fraction of sp³-hybridized carbons (Fsp3) is 0.750. The third kappa shape index (κ3) is 4.09. The molecule has 2 atom stereocenters. The largest absolute Gasteiger partial charge is 0.481 e. The monoisotopic (exact) mass is 282 g/mol. The van der Waals surface area contributed by atoms with Gasteiger partial charge in [-0.1, -0.05) is 40.7 Å². The number of carboxylic acid groups (broad SMARTS) is 2. The highest BCUT2D eigenvalue weighted by molar-refractivity contribution is 5.87. The summed E-state index contributed by atoms with van der Waals surface area (Å²) >= 11 is 0. The average Bonchev–Trinajstić information content (AvgIpc) is 2.24. The highest BCUT2D eigenvalue weighted by Crippen LogP contribution is 2.47. The standard InChI is InChI=1S/C16H26O4/c1-15(2,3)9-16(4,5)12-8-10(13(17)18)6-7-11(12)14(19)20/h6,11-12H,7-9H2,1-5H3,(H,17,18)(H,19,20). The van der Waals surface area contributed by atoms with Gasteiger partial charge in [0.05, 0.1) is 5.92 Å². The van der Waals surface area contributed by atoms with Crippen LogP contribution in [0.3, 0.4) is 0 Å². The van der Waals surface area contributed by atoms with E-state index in [9.17, 15) is 14.7 Å². The van der Waals surface area contributed by atoms with Crippen LogP contribution in [0.2, 0.25) is 0 Å². The lowest BCUT2D eigenvalue weighted by Crippen LogP contribution is -2.39. The van der Waals surface area contributed by atoms with Crippen molar-refractivity contribution in [2.24, 2.45) is 22.7 Å². The molecule has 0 fully saturated rings. The van der Waals surface area contributed by atoms with E-state index in [-0.39, 0.29) is 16.7 Å². The van der Waals surface area contributed by atoms with E-state index in [0.717, 1.165) is 6.42 Å². The van der Waals surface area contributed by atoms with Gasteiger partial charge in [0.2, 0.25) is 0 Å². The minimum absolute atomic E-state index is 0.0805. The molecule has 0 radical (unpaired) electrons. The Morgan fingerprint density at radius 3 is 2.15 bits per heavy atom. The Balaban J connectivity index is 3.06. The van der Waals surface area contributed by atoms with Gasteiger partial charge >= 0.3 is 11.9 Å². The molecule has 1 rings (SSSR count). The van der Waals surface area contributed by atoms with Crippen molar-refractivity contribution in [2.75, 3.05) is 0 Å². The first-order valence-electron chi connectivity index (χ1n) is 7.09. The van der Waals surface area contributed by atoms with Gasteiger partial charge < -0.3 is 10.2 Å². The molecule has 0 aromatic heterocycles. The van der Waals surface area contributed by atoms with Gasteiger partial charge in [0.15, 0.2) is 0 Å². The molecule has 0 amide bonds. The van der Waals surface area contributed by atoms with Crippen LogP contribution in [-0.2, 0) is 9.59 Å². The van der Waals surface area contributed by atoms with Crippen LogP contribution >= 0.6 is 0 Å². The van der Waals surface area contributed by atoms with Crippen LogP contribution in [0.5, 0.6) is 0 Å². The zero-order chi connectivity index (χ0) is 15.7. The summed E-state index contributed by atoms with van der Waals surface area (Å²) in [4.78, 5) is 22.6. The smallest absolute Gasteiger partial charge is 0.331 e. The fourth-order valence-electron chi connectivity index (χ4n) is 3.66. The van der Waals surface area contributed by atoms with Crippen molar-refractivity contribution in [3.8, 4) is 0 Å². The Bertz CT molecular complexity index is 426. The van der Waals surface area contributed by atoms with E-state index in [1.165, 1.54) is 0 Å². The van der Waals surface area contributed by atoms with Crippen molar-refractivity contribution < 1.29 is 19.8 Å². The van der Waals surface area contributed by atoms with Gasteiger partial charge in [-0.2, -0.15) is 0 Å². The summed E-state index contributed by atoms with van der Waals surface area (Å²) in [5.74, 6) is -2.38. The highest BCUT2D eigenvalue weighted by atomic mass is 16.4. The summed E-state index contributed by atoms with van der Waals surface area (Å²) in [5, 5.41) is 18.6. The lowest BCUT2D eigenvalue weighted by atomic mass is 9.61. The molecule has 2 N–H and O–H groups in total. The number of allylic oxidation sites excluding steroid dienone is 1. The quantitative estimate of drug-likeness (QED) is 0.826. The highest BCUT2D eigenvalue weighted by Gasteiger charge is 2.43. The molecule has 0 saturated heterocycles. The predicted molar refractivity (Wildman–Crippen MR) is 77.4 cm³/mol. The molecule has 0 aliphatic heterocycles. The Morgan fingerprint density at radius 1 is 1.20 bits per heavy atom. The van der Waals surface area contributed by atoms with E-state index in [4.69, 9.17) is 5.11 Å². The lowest BCUT2D eigenvalue weighted by Gasteiger charge is -2.43. The minimum Gasteiger partial charge on any atom is -0.481 e. The molecule has 0 heterocycles. The van der Waals surface area contributed by atoms with E-state index in [1.54, 1.807) is 6.08 Å². The number of aliphatic carboxylic acids is 2. The Labute approximate surface area is 120 Å². The molecular weight excluding hydrogens is 256 g/mol. The molecule has 0 saturated carbocycles. The second kappa shape index (κ2) is 5.58. The van der Waals surface area contributed by atoms with Gasteiger partial charge in [0, 0.05) is 5.57 Å². The molecule has 1 aliphatic rings. The van der Waals surface area contributed by atoms with Gasteiger partial charge in [-0.15, -0.1) is 0 Å². The summed E-state index contributed by atoms with van der Waals surface area (Å²) in [5.41, 5.74) is 0.224. The molecule has 20 heavy (non-hydrogen) atoms. The third-order valence-corrected chi connectivity index (χ3v) is 4.13. The number of hydrogen-bond donors (Lipinski definition) is 2. The molecule has 114 valence electrons. The topological polar surface area (TPSA) is 74.6 Å². The van der Waals surface area contributed by atoms with E-state index in [0.29, 0.717) is 18.4 Å². The summed E-state index contributed by atoms with van der Waals surface area (Å²) in [6.45, 7) is 10.5. The van der Waals surface area contributed by atoms with Gasteiger partial charge in [0.25, 0.3) is 0 Å². The molecular formula is C16H26O4. The SMILES string of the molecule is CC(C)(C)CC(C)(C)C1CC(C(=O)O)=CCC1C(=O)O. The number of carboxylic acids is 2. The van der Waals surface area contributed by atoms with Crippen molar-refractivity contribution in [1.29, 1.82) is 0 Å². The van der Waals surface area contributed by atoms with E-state index in [1.807, 2.05) is 0 Å². The molecule has 0 spiro atoms. The molecule has 2 unspecified atom stereocenters. The molecule has 1 aliphatic carbocycles. The average molecular weight is 282 g/mol. The van der Waals surface area contributed by atoms with Crippen molar-refractivity contribution in [3.63, 3.8) is 0 Å². The van der Waals surface area contributed by atoms with Crippen LogP contribution in [0.25, 0.3) is 0 Å². The van der Waals surface area contributed by atoms with Crippen LogP contribution in [0.4, 0.5) is 0 Å². The maximum Gasteiger partial charge on any atom is 0.331 e. The summed E-state index contributed by atoms with van der Waals surface area (Å²) in [7, 11) is 0. The predicted octanol–water partition coefficient (Wildman–Crippen LogP) is 3.57. The van der Waals surface area contributed by atoms with Crippen molar-refractivity contribution >= 4 is 11.9 Å². The Kier molecular flexibility index (Phi) is 4.67. The number of carbonyl (C=O) groups is 2. The van der Waals surface area contributed by atoms with Gasteiger partial charge in [-0.05, 0) is 36.0 Å². The minimum atomic E-state index is -0.926. The van der Waals surface area contributed by atoms with Gasteiger partial charge in [-0.3, -0.25) is 4.79 Å². The summed E-state index contributed by atoms with van der Waals surface area (Å²) < 4.78 is 0. The van der Waals surface area contributed by atoms with Crippen molar-refractivity contribution in [3.05, 3.63) is 11.6 Å². The Hall–Kier alpha value is -1.32. The fourth-order valence-corrected chi connectivity index (χ4v) is 3.66. The molecule has 0 aromatic carbocycles. The first kappa shape index (κ1) is 16.7. The molecule has 4 heteroatoms. The van der Waals surface area contributed by atoms with E-state index < -0.39 is 17.9 Å². The Morgan fingerprint density at radius 2 is 1.75 bits per heavy atom. The van der Waals surface area contributed by atoms with Crippen molar-refractivity contribution in [1.82, 2.24) is 0 Å². The maximum absolute atomic E-state index is 11.5. The van der Waals surface area contributed by atoms with Crippen molar-refractivity contribution in [2.45, 2.75) is 53.9 Å². The molecule has 0 aromatic rings. The second-order valence-electron chi connectivity index (χ2n) is 7.75. The zero-order valence-electron chi connectivity index (χ0n) is 13.1. The van der Waals surface area contributed by atoms with Crippen LogP contribution in [0, 0.1) is 22.7 Å². The lowest BCUT2D eigenvalue weighted by molar-refractivity contribution is -0.147. The van der Waals surface area contributed by atoms with E-state index >= 15 is 0 Å². The number of rotatable bonds is 4. The summed E-state index contributed by atoms with van der Waals surface area (Å²) in [6.07, 6.45) is 3.09. The van der Waals surface area contributed by atoms with Crippen LogP contribution in [0.15, 0.2) is 11.6 Å². The first-order valence-corrected chi connectivity index (χ1v) is 7.09. The van der Waals surface area contributed by atoms with Crippen LogP contribution in [-0.4, -0.2) is 22.2 Å². The molecule has 0 bridgehead atoms. The van der Waals surface area contributed by atoms with Gasteiger partial charge in [0.1, 0.15) is 0 Å². The number of hydrogen-bond acceptors (Lipinski definition) is 2. The normalized spacial score (nSPS) is 24.1. The van der Waals surface area contributed by atoms with E-state index in [2.05, 4.69) is 34.6 Å². The molecule has 4 nitrogen and oxygen atoms in total. The second-order valence-corrected chi connectivity index (χ2v) is 7.75. The zero-order valence-corrected chi connectivity index (χ0v) is 13.1. The third-order valence-electron chi connectivity index (χ3n) is 4.13. The first-order chi connectivity index (χ1) is 8.94. The van der Waals surface area contributed by atoms with Crippen LogP contribution in [0.1, 0.15) is 53.9 Å². The summed E-state index contributed by atoms with van der Waals surface area (Å²) in [6, 6.07) is 0. The maximum atomic E-state index is 11.5. The van der Waals surface area contributed by atoms with Gasteiger partial charge in [-0.25, -0.2) is 4.79 Å². The van der Waals surface area contributed by atoms with Crippen LogP contribution < -0.4 is 0 Å².